The Hall–Kier alpha value is -2.05. The number of aromatic nitrogens is 2. The van der Waals surface area contributed by atoms with Gasteiger partial charge < -0.3 is 9.57 Å². The molecule has 0 saturated heterocycles. The van der Waals surface area contributed by atoms with Gasteiger partial charge in [-0.3, -0.25) is 4.68 Å². The number of aryl methyl sites for hydroxylation is 1. The van der Waals surface area contributed by atoms with Crippen LogP contribution in [0.5, 0.6) is 5.75 Å². The lowest BCUT2D eigenvalue weighted by Gasteiger charge is -2.13. The van der Waals surface area contributed by atoms with Gasteiger partial charge in [-0.1, -0.05) is 23.4 Å². The summed E-state index contributed by atoms with van der Waals surface area (Å²) in [4.78, 5) is 7.89. The van der Waals surface area contributed by atoms with Crippen LogP contribution in [0.1, 0.15) is 6.42 Å². The molecule has 0 aliphatic carbocycles. The smallest absolute Gasteiger partial charge is 0.166 e. The molecule has 6 nitrogen and oxygen atoms in total. The molecule has 1 aromatic carbocycles. The Morgan fingerprint density at radius 3 is 3.09 bits per heavy atom. The number of oxime groups is 1. The molecule has 0 bridgehead atoms. The number of nitrogens with one attached hydrogen (secondary N) is 1. The lowest BCUT2D eigenvalue weighted by Crippen LogP contribution is -2.21. The van der Waals surface area contributed by atoms with Gasteiger partial charge in [0.2, 0.25) is 0 Å². The van der Waals surface area contributed by atoms with E-state index >= 15 is 0 Å². The Labute approximate surface area is 133 Å². The topological polar surface area (TPSA) is 60.7 Å². The molecule has 22 heavy (non-hydrogen) atoms. The Kier molecular flexibility index (Phi) is 4.60. The van der Waals surface area contributed by atoms with Crippen molar-refractivity contribution in [2.45, 2.75) is 12.5 Å². The Balaban J connectivity index is 1.64. The normalized spacial score (nSPS) is 17.2. The summed E-state index contributed by atoms with van der Waals surface area (Å²) in [5.41, 5.74) is 2.93. The summed E-state index contributed by atoms with van der Waals surface area (Å²) in [6.45, 7) is 0.955. The van der Waals surface area contributed by atoms with Gasteiger partial charge in [-0.25, -0.2) is 4.84 Å². The summed E-state index contributed by atoms with van der Waals surface area (Å²) in [5.74, 6) is 0.808. The molecule has 0 radical (unpaired) electrons. The predicted octanol–water partition coefficient (Wildman–Crippen LogP) is 2.35. The number of hydrogen-bond donors (Lipinski definition) is 1. The van der Waals surface area contributed by atoms with Crippen molar-refractivity contribution in [3.63, 3.8) is 0 Å². The molecule has 0 spiro atoms. The van der Waals surface area contributed by atoms with E-state index in [0.717, 1.165) is 29.0 Å². The van der Waals surface area contributed by atoms with Crippen LogP contribution in [0.3, 0.4) is 0 Å². The number of halogens is 1. The van der Waals surface area contributed by atoms with Crippen LogP contribution in [-0.2, 0) is 11.9 Å². The van der Waals surface area contributed by atoms with Gasteiger partial charge >= 0.3 is 0 Å². The molecule has 1 aliphatic rings. The third-order valence-electron chi connectivity index (χ3n) is 3.39. The highest BCUT2D eigenvalue weighted by Crippen LogP contribution is 2.29. The van der Waals surface area contributed by atoms with E-state index in [4.69, 9.17) is 21.4 Å². The minimum absolute atomic E-state index is 0.0815. The monoisotopic (exact) mass is 320 g/mol. The highest BCUT2D eigenvalue weighted by Gasteiger charge is 2.21. The fourth-order valence-corrected chi connectivity index (χ4v) is 2.49. The van der Waals surface area contributed by atoms with Crippen LogP contribution in [-0.4, -0.2) is 34.7 Å². The molecule has 0 fully saturated rings. The molecule has 7 heteroatoms. The zero-order valence-electron chi connectivity index (χ0n) is 12.2. The number of ether oxygens (including phenoxy) is 1. The second-order valence-corrected chi connectivity index (χ2v) is 5.38. The molecule has 2 aromatic rings. The second kappa shape index (κ2) is 6.81. The van der Waals surface area contributed by atoms with E-state index in [-0.39, 0.29) is 6.10 Å². The van der Waals surface area contributed by atoms with Gasteiger partial charge in [-0.2, -0.15) is 5.10 Å². The summed E-state index contributed by atoms with van der Waals surface area (Å²) in [5, 5.41) is 8.18. The lowest BCUT2D eigenvalue weighted by atomic mass is 10.1. The maximum Gasteiger partial charge on any atom is 0.166 e. The first-order chi connectivity index (χ1) is 10.8. The number of para-hydroxylation sites is 1. The van der Waals surface area contributed by atoms with Crippen molar-refractivity contribution in [2.24, 2.45) is 12.2 Å². The number of rotatable bonds is 6. The van der Waals surface area contributed by atoms with E-state index in [0.29, 0.717) is 13.2 Å². The van der Waals surface area contributed by atoms with Gasteiger partial charge in [-0.15, -0.1) is 0 Å². The highest BCUT2D eigenvalue weighted by atomic mass is 35.5. The molecule has 1 N–H and O–H groups in total. The summed E-state index contributed by atoms with van der Waals surface area (Å²) < 4.78 is 7.69. The van der Waals surface area contributed by atoms with Gasteiger partial charge in [-0.05, 0) is 17.8 Å². The molecule has 0 saturated carbocycles. The second-order valence-electron chi connectivity index (χ2n) is 5.11. The van der Waals surface area contributed by atoms with E-state index in [2.05, 4.69) is 15.1 Å². The molecule has 3 rings (SSSR count). The summed E-state index contributed by atoms with van der Waals surface area (Å²) in [6.07, 6.45) is 4.42. The molecule has 2 heterocycles. The molecule has 1 aromatic heterocycles. The average molecular weight is 321 g/mol. The van der Waals surface area contributed by atoms with Gasteiger partial charge in [0, 0.05) is 30.8 Å². The Bertz CT molecular complexity index is 671. The molecule has 1 aliphatic heterocycles. The average Bonchev–Trinajstić information content (AvgIpc) is 3.15. The quantitative estimate of drug-likeness (QED) is 0.830. The van der Waals surface area contributed by atoms with Crippen LogP contribution in [0.2, 0.25) is 0 Å². The fourth-order valence-electron chi connectivity index (χ4n) is 2.33. The lowest BCUT2D eigenvalue weighted by molar-refractivity contribution is 0.0472. The van der Waals surface area contributed by atoms with Crippen molar-refractivity contribution in [1.82, 2.24) is 14.6 Å². The van der Waals surface area contributed by atoms with Crippen LogP contribution < -0.4 is 9.57 Å². The van der Waals surface area contributed by atoms with Crippen molar-refractivity contribution >= 4 is 17.5 Å². The van der Waals surface area contributed by atoms with Crippen LogP contribution in [0, 0.1) is 0 Å². The summed E-state index contributed by atoms with van der Waals surface area (Å²) in [7, 11) is 1.89. The zero-order chi connectivity index (χ0) is 15.4. The van der Waals surface area contributed by atoms with Gasteiger partial charge in [0.1, 0.15) is 12.4 Å². The Morgan fingerprint density at radius 2 is 2.32 bits per heavy atom. The van der Waals surface area contributed by atoms with E-state index in [1.165, 1.54) is 0 Å². The summed E-state index contributed by atoms with van der Waals surface area (Å²) >= 11 is 5.47. The van der Waals surface area contributed by atoms with Crippen LogP contribution in [0.15, 0.2) is 41.8 Å². The minimum atomic E-state index is -0.0815. The minimum Gasteiger partial charge on any atom is -0.489 e. The standard InChI is InChI=1S/C15H17ClN4O2/c1-20-9-11(7-18-20)14-4-2-3-5-15(14)21-10-13-6-12(8-17-16)19-22-13/h2-5,7,9,13,17H,6,8,10H2,1H3. The van der Waals surface area contributed by atoms with Crippen LogP contribution >= 0.6 is 11.8 Å². The van der Waals surface area contributed by atoms with Gasteiger partial charge in [0.15, 0.2) is 6.10 Å². The fraction of sp³-hybridized carbons (Fsp3) is 0.333. The first-order valence-corrected chi connectivity index (χ1v) is 7.40. The van der Waals surface area contributed by atoms with Gasteiger partial charge in [0.05, 0.1) is 18.5 Å². The third-order valence-corrected chi connectivity index (χ3v) is 3.53. The van der Waals surface area contributed by atoms with Crippen molar-refractivity contribution in [3.05, 3.63) is 36.7 Å². The predicted molar refractivity (Wildman–Crippen MR) is 84.9 cm³/mol. The van der Waals surface area contributed by atoms with E-state index in [1.54, 1.807) is 4.68 Å². The maximum atomic E-state index is 5.92. The largest absolute Gasteiger partial charge is 0.489 e. The molecule has 1 unspecified atom stereocenters. The highest BCUT2D eigenvalue weighted by molar-refractivity contribution is 6.14. The van der Waals surface area contributed by atoms with Crippen molar-refractivity contribution in [1.29, 1.82) is 0 Å². The van der Waals surface area contributed by atoms with E-state index in [1.807, 2.05) is 43.7 Å². The number of nitrogens with zero attached hydrogens (tertiary/aromatic N) is 3. The van der Waals surface area contributed by atoms with Crippen molar-refractivity contribution in [2.75, 3.05) is 13.2 Å². The SMILES string of the molecule is Cn1cc(-c2ccccc2OCC2CC(CNCl)=NO2)cn1. The van der Waals surface area contributed by atoms with Crippen LogP contribution in [0.25, 0.3) is 11.1 Å². The first-order valence-electron chi connectivity index (χ1n) is 7.02. The molecular formula is C15H17ClN4O2. The first kappa shape index (κ1) is 14.9. The van der Waals surface area contributed by atoms with Crippen molar-refractivity contribution < 1.29 is 9.57 Å². The number of benzene rings is 1. The molecule has 116 valence electrons. The summed E-state index contributed by atoms with van der Waals surface area (Å²) in [6, 6.07) is 7.89. The molecule has 0 amide bonds. The van der Waals surface area contributed by atoms with Gasteiger partial charge in [0.25, 0.3) is 0 Å². The van der Waals surface area contributed by atoms with Crippen molar-refractivity contribution in [3.8, 4) is 16.9 Å². The molecular weight excluding hydrogens is 304 g/mol. The van der Waals surface area contributed by atoms with Crippen LogP contribution in [0.4, 0.5) is 0 Å². The third kappa shape index (κ3) is 3.40. The number of hydrogen-bond acceptors (Lipinski definition) is 5. The van der Waals surface area contributed by atoms with E-state index < -0.39 is 0 Å². The Morgan fingerprint density at radius 1 is 1.45 bits per heavy atom. The van der Waals surface area contributed by atoms with E-state index in [9.17, 15) is 0 Å². The zero-order valence-corrected chi connectivity index (χ0v) is 13.0. The molecule has 1 atom stereocenters. The maximum absolute atomic E-state index is 5.92.